The number of aromatic nitrogens is 1. The molecule has 0 aliphatic carbocycles. The molecule has 5 heteroatoms. The van der Waals surface area contributed by atoms with E-state index in [1.165, 1.54) is 7.11 Å². The normalized spacial score (nSPS) is 10.1. The van der Waals surface area contributed by atoms with Gasteiger partial charge in [-0.15, -0.1) is 0 Å². The Morgan fingerprint density at radius 3 is 2.39 bits per heavy atom. The highest BCUT2D eigenvalue weighted by Gasteiger charge is 2.18. The summed E-state index contributed by atoms with van der Waals surface area (Å²) >= 11 is 0. The van der Waals surface area contributed by atoms with Crippen LogP contribution in [-0.2, 0) is 27.3 Å². The van der Waals surface area contributed by atoms with Crippen LogP contribution in [-0.4, -0.2) is 35.4 Å². The molecule has 0 N–H and O–H groups in total. The van der Waals surface area contributed by atoms with E-state index in [-0.39, 0.29) is 12.3 Å². The summed E-state index contributed by atoms with van der Waals surface area (Å²) in [4.78, 5) is 29.4. The number of rotatable bonds is 7. The van der Waals surface area contributed by atoms with Gasteiger partial charge in [-0.25, -0.2) is 0 Å². The predicted molar refractivity (Wildman–Crippen MR) is 86.4 cm³/mol. The molecule has 2 rings (SSSR count). The average molecular weight is 312 g/mol. The molecule has 0 bridgehead atoms. The average Bonchev–Trinajstić information content (AvgIpc) is 2.60. The maximum atomic E-state index is 12.4. The summed E-state index contributed by atoms with van der Waals surface area (Å²) in [6.07, 6.45) is 3.93. The summed E-state index contributed by atoms with van der Waals surface area (Å²) in [6.45, 7) is 1.01. The van der Waals surface area contributed by atoms with Crippen LogP contribution in [0.5, 0.6) is 0 Å². The van der Waals surface area contributed by atoms with E-state index in [4.69, 9.17) is 0 Å². The SMILES string of the molecule is COC(=O)CC(=O)N(CCc1ccncc1)Cc1ccccc1. The topological polar surface area (TPSA) is 59.5 Å². The van der Waals surface area contributed by atoms with Crippen LogP contribution in [0.2, 0.25) is 0 Å². The number of nitrogens with zero attached hydrogens (tertiary/aromatic N) is 2. The molecular formula is C18H20N2O3. The second kappa shape index (κ2) is 8.68. The van der Waals surface area contributed by atoms with E-state index < -0.39 is 5.97 Å². The standard InChI is InChI=1S/C18H20N2O3/c1-23-18(22)13-17(21)20(14-16-5-3-2-4-6-16)12-9-15-7-10-19-11-8-15/h2-8,10-11H,9,12-14H2,1H3. The molecule has 1 aromatic carbocycles. The third-order valence-corrected chi connectivity index (χ3v) is 3.51. The van der Waals surface area contributed by atoms with Crippen LogP contribution >= 0.6 is 0 Å². The monoisotopic (exact) mass is 312 g/mol. The lowest BCUT2D eigenvalue weighted by Gasteiger charge is -2.22. The first-order chi connectivity index (χ1) is 11.2. The van der Waals surface area contributed by atoms with Crippen molar-refractivity contribution in [1.29, 1.82) is 0 Å². The molecule has 0 unspecified atom stereocenters. The lowest BCUT2D eigenvalue weighted by molar-refractivity contribution is -0.147. The molecular weight excluding hydrogens is 292 g/mol. The molecule has 0 aliphatic rings. The summed E-state index contributed by atoms with van der Waals surface area (Å²) in [5, 5.41) is 0. The zero-order valence-corrected chi connectivity index (χ0v) is 13.1. The summed E-state index contributed by atoms with van der Waals surface area (Å²) in [5.74, 6) is -0.744. The number of hydrogen-bond donors (Lipinski definition) is 0. The van der Waals surface area contributed by atoms with Crippen LogP contribution in [0.1, 0.15) is 17.5 Å². The molecule has 5 nitrogen and oxygen atoms in total. The van der Waals surface area contributed by atoms with Crippen molar-refractivity contribution in [2.45, 2.75) is 19.4 Å². The molecule has 1 aromatic heterocycles. The molecule has 120 valence electrons. The zero-order chi connectivity index (χ0) is 16.5. The molecule has 0 saturated heterocycles. The van der Waals surface area contributed by atoms with Crippen molar-refractivity contribution in [1.82, 2.24) is 9.88 Å². The van der Waals surface area contributed by atoms with Gasteiger partial charge in [0.05, 0.1) is 7.11 Å². The van der Waals surface area contributed by atoms with Gasteiger partial charge in [-0.05, 0) is 29.7 Å². The Labute approximate surface area is 135 Å². The summed E-state index contributed by atoms with van der Waals surface area (Å²) < 4.78 is 4.59. The van der Waals surface area contributed by atoms with Crippen LogP contribution < -0.4 is 0 Å². The molecule has 0 radical (unpaired) electrons. The fourth-order valence-electron chi connectivity index (χ4n) is 2.22. The van der Waals surface area contributed by atoms with Crippen LogP contribution in [0.4, 0.5) is 0 Å². The van der Waals surface area contributed by atoms with E-state index >= 15 is 0 Å². The molecule has 0 atom stereocenters. The Hall–Kier alpha value is -2.69. The maximum Gasteiger partial charge on any atom is 0.315 e. The van der Waals surface area contributed by atoms with Crippen molar-refractivity contribution < 1.29 is 14.3 Å². The van der Waals surface area contributed by atoms with Crippen molar-refractivity contribution in [3.05, 3.63) is 66.0 Å². The molecule has 0 fully saturated rings. The Morgan fingerprint density at radius 2 is 1.74 bits per heavy atom. The maximum absolute atomic E-state index is 12.4. The number of carbonyl (C=O) groups excluding carboxylic acids is 2. The number of pyridine rings is 1. The van der Waals surface area contributed by atoms with Gasteiger partial charge < -0.3 is 9.64 Å². The van der Waals surface area contributed by atoms with Gasteiger partial charge in [-0.1, -0.05) is 30.3 Å². The first kappa shape index (κ1) is 16.7. The third-order valence-electron chi connectivity index (χ3n) is 3.51. The quantitative estimate of drug-likeness (QED) is 0.581. The fourth-order valence-corrected chi connectivity index (χ4v) is 2.22. The predicted octanol–water partition coefficient (Wildman–Crippen LogP) is 2.22. The molecule has 2 aromatic rings. The van der Waals surface area contributed by atoms with Crippen molar-refractivity contribution in [3.63, 3.8) is 0 Å². The summed E-state index contributed by atoms with van der Waals surface area (Å²) in [6, 6.07) is 13.6. The number of esters is 1. The molecule has 1 amide bonds. The van der Waals surface area contributed by atoms with Crippen molar-refractivity contribution in [3.8, 4) is 0 Å². The Balaban J connectivity index is 2.04. The van der Waals surface area contributed by atoms with Crippen LogP contribution in [0, 0.1) is 0 Å². The first-order valence-electron chi connectivity index (χ1n) is 7.46. The van der Waals surface area contributed by atoms with Gasteiger partial charge in [0.2, 0.25) is 5.91 Å². The second-order valence-corrected chi connectivity index (χ2v) is 5.16. The van der Waals surface area contributed by atoms with Gasteiger partial charge in [-0.3, -0.25) is 14.6 Å². The van der Waals surface area contributed by atoms with E-state index in [0.29, 0.717) is 19.5 Å². The number of ether oxygens (including phenoxy) is 1. The molecule has 23 heavy (non-hydrogen) atoms. The number of amides is 1. The van der Waals surface area contributed by atoms with E-state index in [0.717, 1.165) is 11.1 Å². The summed E-state index contributed by atoms with van der Waals surface area (Å²) in [5.41, 5.74) is 2.13. The van der Waals surface area contributed by atoms with Gasteiger partial charge in [0, 0.05) is 25.5 Å². The minimum absolute atomic E-state index is 0.227. The minimum Gasteiger partial charge on any atom is -0.469 e. The van der Waals surface area contributed by atoms with Crippen LogP contribution in [0.15, 0.2) is 54.9 Å². The van der Waals surface area contributed by atoms with Crippen molar-refractivity contribution in [2.24, 2.45) is 0 Å². The van der Waals surface area contributed by atoms with Crippen molar-refractivity contribution >= 4 is 11.9 Å². The van der Waals surface area contributed by atoms with E-state index in [1.807, 2.05) is 42.5 Å². The highest BCUT2D eigenvalue weighted by Crippen LogP contribution is 2.09. The molecule has 0 saturated carbocycles. The highest BCUT2D eigenvalue weighted by atomic mass is 16.5. The number of carbonyl (C=O) groups is 2. The molecule has 0 aliphatic heterocycles. The highest BCUT2D eigenvalue weighted by molar-refractivity contribution is 5.94. The van der Waals surface area contributed by atoms with Crippen LogP contribution in [0.3, 0.4) is 0 Å². The first-order valence-corrected chi connectivity index (χ1v) is 7.46. The minimum atomic E-state index is -0.517. The smallest absolute Gasteiger partial charge is 0.315 e. The van der Waals surface area contributed by atoms with Gasteiger partial charge in [0.15, 0.2) is 0 Å². The summed E-state index contributed by atoms with van der Waals surface area (Å²) in [7, 11) is 1.29. The van der Waals surface area contributed by atoms with E-state index in [1.54, 1.807) is 17.3 Å². The van der Waals surface area contributed by atoms with E-state index in [2.05, 4.69) is 9.72 Å². The zero-order valence-electron chi connectivity index (χ0n) is 13.1. The molecule has 0 spiro atoms. The van der Waals surface area contributed by atoms with Crippen LogP contribution in [0.25, 0.3) is 0 Å². The largest absolute Gasteiger partial charge is 0.469 e. The van der Waals surface area contributed by atoms with Gasteiger partial charge in [0.1, 0.15) is 6.42 Å². The van der Waals surface area contributed by atoms with Crippen molar-refractivity contribution in [2.75, 3.05) is 13.7 Å². The van der Waals surface area contributed by atoms with Gasteiger partial charge in [-0.2, -0.15) is 0 Å². The molecule has 1 heterocycles. The second-order valence-electron chi connectivity index (χ2n) is 5.16. The van der Waals surface area contributed by atoms with E-state index in [9.17, 15) is 9.59 Å². The Bertz CT molecular complexity index is 629. The lowest BCUT2D eigenvalue weighted by atomic mass is 10.1. The van der Waals surface area contributed by atoms with Gasteiger partial charge in [0.25, 0.3) is 0 Å². The number of benzene rings is 1. The Kier molecular flexibility index (Phi) is 6.29. The third kappa shape index (κ3) is 5.54. The Morgan fingerprint density at radius 1 is 1.04 bits per heavy atom. The fraction of sp³-hybridized carbons (Fsp3) is 0.278. The lowest BCUT2D eigenvalue weighted by Crippen LogP contribution is -2.34. The van der Waals surface area contributed by atoms with Gasteiger partial charge >= 0.3 is 5.97 Å². The number of hydrogen-bond acceptors (Lipinski definition) is 4. The number of methoxy groups -OCH3 is 1.